The molecule has 3 N–H and O–H groups in total. The number of aryl methyl sites for hydroxylation is 1. The molecule has 0 unspecified atom stereocenters. The Morgan fingerprint density at radius 1 is 1.00 bits per heavy atom. The minimum atomic E-state index is -0.854. The number of methoxy groups -OCH3 is 1. The van der Waals surface area contributed by atoms with E-state index in [0.717, 1.165) is 5.56 Å². The Balaban J connectivity index is 1.72. The van der Waals surface area contributed by atoms with Gasteiger partial charge in [0.1, 0.15) is 5.75 Å². The average Bonchev–Trinajstić information content (AvgIpc) is 2.77. The molecule has 0 heterocycles. The molecule has 164 valence electrons. The van der Waals surface area contributed by atoms with Crippen LogP contribution in [0.2, 0.25) is 0 Å². The van der Waals surface area contributed by atoms with Gasteiger partial charge in [0, 0.05) is 25.9 Å². The molecule has 0 saturated carbocycles. The number of benzene rings is 2. The maximum absolute atomic E-state index is 12.0. The number of amides is 3. The highest BCUT2D eigenvalue weighted by Crippen LogP contribution is 2.12. The van der Waals surface area contributed by atoms with E-state index in [9.17, 15) is 14.4 Å². The van der Waals surface area contributed by atoms with Gasteiger partial charge in [-0.1, -0.05) is 17.7 Å². The SMILES string of the molecule is COCCCNC(=O)C(=O)N/N=C\c1ccc(OCC(=O)Nc2ccc(C)cc2)cc1. The molecule has 0 aromatic heterocycles. The number of nitrogens with zero attached hydrogens (tertiary/aromatic N) is 1. The number of anilines is 1. The van der Waals surface area contributed by atoms with Crippen molar-refractivity contribution in [3.05, 3.63) is 59.7 Å². The Morgan fingerprint density at radius 3 is 2.39 bits per heavy atom. The van der Waals surface area contributed by atoms with E-state index in [4.69, 9.17) is 9.47 Å². The number of carbonyl (C=O) groups excluding carboxylic acids is 3. The van der Waals surface area contributed by atoms with Crippen molar-refractivity contribution in [2.45, 2.75) is 13.3 Å². The molecule has 3 amide bonds. The highest BCUT2D eigenvalue weighted by molar-refractivity contribution is 6.35. The van der Waals surface area contributed by atoms with Crippen LogP contribution in [0.5, 0.6) is 5.75 Å². The van der Waals surface area contributed by atoms with E-state index in [0.29, 0.717) is 36.6 Å². The Kier molecular flexibility index (Phi) is 9.70. The molecular weight excluding hydrogens is 400 g/mol. The van der Waals surface area contributed by atoms with Crippen molar-refractivity contribution in [3.8, 4) is 5.75 Å². The van der Waals surface area contributed by atoms with Crippen LogP contribution in [-0.2, 0) is 19.1 Å². The van der Waals surface area contributed by atoms with E-state index < -0.39 is 11.8 Å². The number of nitrogens with one attached hydrogen (secondary N) is 3. The van der Waals surface area contributed by atoms with Crippen LogP contribution in [0.25, 0.3) is 0 Å². The fourth-order valence-corrected chi connectivity index (χ4v) is 2.35. The summed E-state index contributed by atoms with van der Waals surface area (Å²) in [6.07, 6.45) is 2.00. The Hall–Kier alpha value is -3.72. The zero-order valence-corrected chi connectivity index (χ0v) is 17.5. The molecule has 0 aliphatic heterocycles. The smallest absolute Gasteiger partial charge is 0.329 e. The summed E-state index contributed by atoms with van der Waals surface area (Å²) in [7, 11) is 1.56. The summed E-state index contributed by atoms with van der Waals surface area (Å²) in [4.78, 5) is 35.1. The monoisotopic (exact) mass is 426 g/mol. The van der Waals surface area contributed by atoms with Crippen molar-refractivity contribution in [1.82, 2.24) is 10.7 Å². The molecule has 9 heteroatoms. The normalized spacial score (nSPS) is 10.5. The van der Waals surface area contributed by atoms with Crippen LogP contribution < -0.4 is 20.8 Å². The summed E-state index contributed by atoms with van der Waals surface area (Å²) >= 11 is 0. The zero-order valence-electron chi connectivity index (χ0n) is 17.5. The maximum atomic E-state index is 12.0. The van der Waals surface area contributed by atoms with Crippen LogP contribution in [0.4, 0.5) is 5.69 Å². The van der Waals surface area contributed by atoms with Gasteiger partial charge in [0.05, 0.1) is 6.21 Å². The first-order chi connectivity index (χ1) is 15.0. The molecular formula is C22H26N4O5. The first-order valence-corrected chi connectivity index (χ1v) is 9.67. The molecule has 31 heavy (non-hydrogen) atoms. The molecule has 2 aromatic rings. The molecule has 0 saturated heterocycles. The molecule has 9 nitrogen and oxygen atoms in total. The molecule has 0 spiro atoms. The van der Waals surface area contributed by atoms with E-state index in [1.54, 1.807) is 31.4 Å². The standard InChI is InChI=1S/C22H26N4O5/c1-16-4-8-18(9-5-16)25-20(27)15-31-19-10-6-17(7-11-19)14-24-26-22(29)21(28)23-12-3-13-30-2/h4-11,14H,3,12-13,15H2,1-2H3,(H,23,28)(H,25,27)(H,26,29)/b24-14-. The summed E-state index contributed by atoms with van der Waals surface area (Å²) in [5.74, 6) is -1.37. The fourth-order valence-electron chi connectivity index (χ4n) is 2.35. The maximum Gasteiger partial charge on any atom is 0.329 e. The topological polar surface area (TPSA) is 118 Å². The Bertz CT molecular complexity index is 895. The minimum Gasteiger partial charge on any atom is -0.484 e. The predicted molar refractivity (Wildman–Crippen MR) is 117 cm³/mol. The summed E-state index contributed by atoms with van der Waals surface area (Å²) in [5, 5.41) is 8.96. The summed E-state index contributed by atoms with van der Waals surface area (Å²) in [5.41, 5.74) is 4.65. The molecule has 0 bridgehead atoms. The third kappa shape index (κ3) is 9.09. The van der Waals surface area contributed by atoms with Crippen LogP contribution in [0.1, 0.15) is 17.5 Å². The van der Waals surface area contributed by atoms with Gasteiger partial charge >= 0.3 is 11.8 Å². The van der Waals surface area contributed by atoms with Gasteiger partial charge in [0.25, 0.3) is 5.91 Å². The molecule has 0 aliphatic rings. The second kappa shape index (κ2) is 12.8. The third-order valence-electron chi connectivity index (χ3n) is 3.98. The highest BCUT2D eigenvalue weighted by Gasteiger charge is 2.11. The first-order valence-electron chi connectivity index (χ1n) is 9.67. The fraction of sp³-hybridized carbons (Fsp3) is 0.273. The lowest BCUT2D eigenvalue weighted by Crippen LogP contribution is -2.38. The van der Waals surface area contributed by atoms with Crippen LogP contribution in [0, 0.1) is 6.92 Å². The van der Waals surface area contributed by atoms with Crippen LogP contribution >= 0.6 is 0 Å². The second-order valence-corrected chi connectivity index (χ2v) is 6.57. The van der Waals surface area contributed by atoms with E-state index in [2.05, 4.69) is 21.2 Å². The van der Waals surface area contributed by atoms with Gasteiger partial charge < -0.3 is 20.1 Å². The molecule has 2 aromatic carbocycles. The summed E-state index contributed by atoms with van der Waals surface area (Å²) in [6, 6.07) is 14.2. The number of hydrazone groups is 1. The highest BCUT2D eigenvalue weighted by atomic mass is 16.5. The van der Waals surface area contributed by atoms with Gasteiger partial charge in [0.15, 0.2) is 6.61 Å². The van der Waals surface area contributed by atoms with Gasteiger partial charge in [-0.15, -0.1) is 0 Å². The van der Waals surface area contributed by atoms with E-state index >= 15 is 0 Å². The number of hydrogen-bond acceptors (Lipinski definition) is 6. The molecule has 2 rings (SSSR count). The van der Waals surface area contributed by atoms with Gasteiger partial charge in [0.2, 0.25) is 0 Å². The van der Waals surface area contributed by atoms with E-state index in [1.807, 2.05) is 31.2 Å². The van der Waals surface area contributed by atoms with Crippen LogP contribution in [-0.4, -0.2) is 50.8 Å². The van der Waals surface area contributed by atoms with Crippen molar-refractivity contribution < 1.29 is 23.9 Å². The predicted octanol–water partition coefficient (Wildman–Crippen LogP) is 1.62. The molecule has 0 radical (unpaired) electrons. The molecule has 0 atom stereocenters. The van der Waals surface area contributed by atoms with Crippen molar-refractivity contribution in [2.24, 2.45) is 5.10 Å². The first kappa shape index (κ1) is 23.6. The lowest BCUT2D eigenvalue weighted by molar-refractivity contribution is -0.139. The van der Waals surface area contributed by atoms with E-state index in [-0.39, 0.29) is 12.5 Å². The van der Waals surface area contributed by atoms with Gasteiger partial charge in [-0.25, -0.2) is 5.43 Å². The summed E-state index contributed by atoms with van der Waals surface area (Å²) < 4.78 is 10.3. The van der Waals surface area contributed by atoms with Crippen molar-refractivity contribution in [3.63, 3.8) is 0 Å². The zero-order chi connectivity index (χ0) is 22.5. The Morgan fingerprint density at radius 2 is 1.71 bits per heavy atom. The number of ether oxygens (including phenoxy) is 2. The number of carbonyl (C=O) groups is 3. The minimum absolute atomic E-state index is 0.128. The number of hydrogen-bond donors (Lipinski definition) is 3. The quantitative estimate of drug-likeness (QED) is 0.231. The molecule has 0 fully saturated rings. The van der Waals surface area contributed by atoms with Crippen molar-refractivity contribution in [1.29, 1.82) is 0 Å². The van der Waals surface area contributed by atoms with Gasteiger partial charge in [-0.2, -0.15) is 5.10 Å². The van der Waals surface area contributed by atoms with Crippen LogP contribution in [0.15, 0.2) is 53.6 Å². The largest absolute Gasteiger partial charge is 0.484 e. The van der Waals surface area contributed by atoms with Crippen molar-refractivity contribution >= 4 is 29.6 Å². The van der Waals surface area contributed by atoms with Crippen molar-refractivity contribution in [2.75, 3.05) is 32.2 Å². The summed E-state index contributed by atoms with van der Waals surface area (Å²) in [6.45, 7) is 2.68. The third-order valence-corrected chi connectivity index (χ3v) is 3.98. The van der Waals surface area contributed by atoms with Gasteiger partial charge in [-0.3, -0.25) is 14.4 Å². The second-order valence-electron chi connectivity index (χ2n) is 6.57. The average molecular weight is 426 g/mol. The van der Waals surface area contributed by atoms with Crippen LogP contribution in [0.3, 0.4) is 0 Å². The lowest BCUT2D eigenvalue weighted by Gasteiger charge is -2.08. The van der Waals surface area contributed by atoms with Gasteiger partial charge in [-0.05, 0) is 55.3 Å². The Labute approximate surface area is 180 Å². The van der Waals surface area contributed by atoms with E-state index in [1.165, 1.54) is 6.21 Å². The lowest BCUT2D eigenvalue weighted by atomic mass is 10.2. The molecule has 0 aliphatic carbocycles. The number of rotatable bonds is 10.